The molecule has 2 heterocycles. The van der Waals surface area contributed by atoms with Crippen molar-refractivity contribution in [1.82, 2.24) is 14.5 Å². The van der Waals surface area contributed by atoms with E-state index >= 15 is 0 Å². The Labute approximate surface area is 380 Å². The first-order valence-electron chi connectivity index (χ1n) is 23.2. The molecule has 64 heavy (non-hydrogen) atoms. The average Bonchev–Trinajstić information content (AvgIpc) is 3.74. The summed E-state index contributed by atoms with van der Waals surface area (Å²) < 4.78 is 27.2. The van der Waals surface area contributed by atoms with E-state index in [9.17, 15) is 5.11 Å². The highest BCUT2D eigenvalue weighted by Gasteiger charge is 2.25. The molecule has 0 aliphatic heterocycles. The first kappa shape index (κ1) is 36.8. The van der Waals surface area contributed by atoms with Crippen LogP contribution in [-0.4, -0.2) is 19.6 Å². The zero-order valence-corrected chi connectivity index (χ0v) is 36.3. The minimum absolute atomic E-state index is 0.139. The molecule has 0 fully saturated rings. The van der Waals surface area contributed by atoms with Crippen molar-refractivity contribution in [1.29, 1.82) is 0 Å². The van der Waals surface area contributed by atoms with Crippen molar-refractivity contribution >= 4 is 11.0 Å². The number of benzene rings is 8. The fraction of sp³-hybridized carbons (Fsp3) is 0.100. The molecule has 4 heteroatoms. The molecule has 2 aromatic heterocycles. The van der Waals surface area contributed by atoms with E-state index in [1.165, 1.54) is 5.56 Å². The van der Waals surface area contributed by atoms with Crippen LogP contribution in [0.3, 0.4) is 0 Å². The maximum atomic E-state index is 12.0. The van der Waals surface area contributed by atoms with E-state index in [-0.39, 0.29) is 16.7 Å². The molecule has 0 amide bonds. The Hall–Kier alpha value is -7.82. The number of imidazole rings is 1. The van der Waals surface area contributed by atoms with Gasteiger partial charge < -0.3 is 5.11 Å². The molecule has 0 aliphatic rings. The van der Waals surface area contributed by atoms with E-state index < -0.39 is 6.85 Å². The van der Waals surface area contributed by atoms with Crippen LogP contribution < -0.4 is 0 Å². The second-order valence-corrected chi connectivity index (χ2v) is 17.5. The molecule has 4 nitrogen and oxygen atoms in total. The Morgan fingerprint density at radius 2 is 1.11 bits per heavy atom. The third-order valence-corrected chi connectivity index (χ3v) is 12.1. The van der Waals surface area contributed by atoms with Gasteiger partial charge in [0.25, 0.3) is 0 Å². The maximum Gasteiger partial charge on any atom is 0.149 e. The number of hydrogen-bond acceptors (Lipinski definition) is 3. The molecule has 8 aromatic carbocycles. The third-order valence-electron chi connectivity index (χ3n) is 12.1. The van der Waals surface area contributed by atoms with Crippen LogP contribution >= 0.6 is 0 Å². The Morgan fingerprint density at radius 3 is 1.78 bits per heavy atom. The first-order chi connectivity index (χ1) is 32.3. The lowest BCUT2D eigenvalue weighted by atomic mass is 9.84. The van der Waals surface area contributed by atoms with Gasteiger partial charge in [0.1, 0.15) is 11.6 Å². The van der Waals surface area contributed by atoms with Crippen LogP contribution in [0.15, 0.2) is 200 Å². The molecule has 10 aromatic rings. The largest absolute Gasteiger partial charge is 0.507 e. The van der Waals surface area contributed by atoms with E-state index in [1.807, 2.05) is 79.9 Å². The van der Waals surface area contributed by atoms with Crippen molar-refractivity contribution in [3.63, 3.8) is 0 Å². The van der Waals surface area contributed by atoms with Gasteiger partial charge in [-0.3, -0.25) is 9.55 Å². The predicted molar refractivity (Wildman–Crippen MR) is 267 cm³/mol. The van der Waals surface area contributed by atoms with E-state index in [0.717, 1.165) is 89.2 Å². The van der Waals surface area contributed by atoms with Crippen LogP contribution in [0.2, 0.25) is 0 Å². The Bertz CT molecular complexity index is 3430. The lowest BCUT2D eigenvalue weighted by molar-refractivity contribution is 0.471. The van der Waals surface area contributed by atoms with E-state index in [0.29, 0.717) is 11.4 Å². The molecule has 1 N–H and O–H groups in total. The van der Waals surface area contributed by atoms with Gasteiger partial charge in [0.15, 0.2) is 0 Å². The molecular formula is C60H49N3O. The van der Waals surface area contributed by atoms with Gasteiger partial charge in [-0.15, -0.1) is 0 Å². The Morgan fingerprint density at radius 1 is 0.500 bits per heavy atom. The molecule has 0 saturated carbocycles. The van der Waals surface area contributed by atoms with Gasteiger partial charge in [-0.1, -0.05) is 166 Å². The number of aromatic hydroxyl groups is 1. The number of pyridine rings is 1. The van der Waals surface area contributed by atoms with Crippen LogP contribution in [-0.2, 0) is 5.41 Å². The maximum absolute atomic E-state index is 12.0. The molecule has 0 radical (unpaired) electrons. The lowest BCUT2D eigenvalue weighted by Crippen LogP contribution is -2.12. The van der Waals surface area contributed by atoms with Crippen LogP contribution in [0.5, 0.6) is 5.75 Å². The van der Waals surface area contributed by atoms with Crippen LogP contribution in [0.4, 0.5) is 0 Å². The van der Waals surface area contributed by atoms with E-state index in [2.05, 4.69) is 141 Å². The summed E-state index contributed by atoms with van der Waals surface area (Å²) in [6, 6.07) is 65.7. The predicted octanol–water partition coefficient (Wildman–Crippen LogP) is 15.7. The van der Waals surface area contributed by atoms with Crippen molar-refractivity contribution in [2.24, 2.45) is 0 Å². The summed E-state index contributed by atoms with van der Waals surface area (Å²) in [6.45, 7) is 6.08. The number of phenolic OH excluding ortho intramolecular Hbond substituents is 1. The summed E-state index contributed by atoms with van der Waals surface area (Å²) in [6.07, 6.45) is 1.88. The van der Waals surface area contributed by atoms with Crippen LogP contribution in [0, 0.1) is 13.8 Å². The highest BCUT2D eigenvalue weighted by molar-refractivity contribution is 5.98. The van der Waals surface area contributed by atoms with Crippen molar-refractivity contribution in [3.05, 3.63) is 217 Å². The van der Waals surface area contributed by atoms with Gasteiger partial charge in [0.2, 0.25) is 0 Å². The molecule has 0 atom stereocenters. The van der Waals surface area contributed by atoms with Crippen LogP contribution in [0.1, 0.15) is 41.6 Å². The molecule has 10 rings (SSSR count). The first-order valence-corrected chi connectivity index (χ1v) is 21.7. The summed E-state index contributed by atoms with van der Waals surface area (Å²) in [5.74, 6) is 0.681. The second kappa shape index (κ2) is 16.5. The lowest BCUT2D eigenvalue weighted by Gasteiger charge is -2.22. The topological polar surface area (TPSA) is 50.9 Å². The number of phenols is 1. The number of rotatable bonds is 8. The second-order valence-electron chi connectivity index (χ2n) is 17.5. The minimum atomic E-state index is -2.33. The standard InChI is InChI=1S/C60H49N3O/c1-39-24-29-55(52(32-39)45-20-13-8-14-21-45)63-56-23-15-22-51(57(56)62-59(63)53-38-50(60(3,4)5)33-40(2)58(53)64)48-34-47(42-18-11-7-12-19-42)35-49(36-48)54-37-46(30-31-61-54)44-27-25-43(26-28-44)41-16-9-6-10-17-41/h6-38,64H,1-5H3/i1D3. The number of aryl methyl sites for hydroxylation is 2. The summed E-state index contributed by atoms with van der Waals surface area (Å²) >= 11 is 0. The number of aromatic nitrogens is 3. The van der Waals surface area contributed by atoms with E-state index in [4.69, 9.17) is 14.1 Å². The zero-order chi connectivity index (χ0) is 46.5. The molecular weight excluding hydrogens is 779 g/mol. The van der Waals surface area contributed by atoms with Crippen molar-refractivity contribution < 1.29 is 9.22 Å². The summed E-state index contributed by atoms with van der Waals surface area (Å²) in [5, 5.41) is 12.0. The van der Waals surface area contributed by atoms with Crippen LogP contribution in [0.25, 0.3) is 95.0 Å². The molecule has 310 valence electrons. The fourth-order valence-electron chi connectivity index (χ4n) is 8.70. The molecule has 0 aliphatic carbocycles. The van der Waals surface area contributed by atoms with Gasteiger partial charge in [0.05, 0.1) is 28.0 Å². The summed E-state index contributed by atoms with van der Waals surface area (Å²) in [4.78, 5) is 10.5. The monoisotopic (exact) mass is 830 g/mol. The number of para-hydroxylation sites is 1. The average molecular weight is 831 g/mol. The third kappa shape index (κ3) is 7.69. The molecule has 0 unspecified atom stereocenters. The zero-order valence-electron chi connectivity index (χ0n) is 39.3. The fourth-order valence-corrected chi connectivity index (χ4v) is 8.70. The summed E-state index contributed by atoms with van der Waals surface area (Å²) in [5.41, 5.74) is 16.5. The normalized spacial score (nSPS) is 12.5. The minimum Gasteiger partial charge on any atom is -0.507 e. The SMILES string of the molecule is [2H]C([2H])([2H])c1ccc(-n2c(-c3cc(C(C)(C)C)cc(C)c3O)nc3c(-c4cc(-c5ccccc5)cc(-c5cc(-c6ccc(-c7ccccc7)cc6)ccn5)c4)cccc32)c(-c2ccccc2)c1. The van der Waals surface area contributed by atoms with Crippen molar-refractivity contribution in [3.8, 4) is 89.7 Å². The molecule has 0 saturated heterocycles. The van der Waals surface area contributed by atoms with Crippen molar-refractivity contribution in [2.45, 2.75) is 40.0 Å². The Balaban J connectivity index is 1.20. The Kier molecular flexibility index (Phi) is 9.47. The van der Waals surface area contributed by atoms with E-state index in [1.54, 1.807) is 12.1 Å². The highest BCUT2D eigenvalue weighted by atomic mass is 16.3. The van der Waals surface area contributed by atoms with Gasteiger partial charge in [-0.25, -0.2) is 4.98 Å². The van der Waals surface area contributed by atoms with Gasteiger partial charge >= 0.3 is 0 Å². The summed E-state index contributed by atoms with van der Waals surface area (Å²) in [7, 11) is 0. The number of hydrogen-bond donors (Lipinski definition) is 1. The van der Waals surface area contributed by atoms with Gasteiger partial charge in [-0.2, -0.15) is 0 Å². The van der Waals surface area contributed by atoms with Gasteiger partial charge in [-0.05, 0) is 129 Å². The number of nitrogens with zero attached hydrogens (tertiary/aromatic N) is 3. The number of fused-ring (bicyclic) bond motifs is 1. The molecule has 0 spiro atoms. The van der Waals surface area contributed by atoms with Crippen molar-refractivity contribution in [2.75, 3.05) is 0 Å². The van der Waals surface area contributed by atoms with Gasteiger partial charge in [0, 0.05) is 27.0 Å². The smallest absolute Gasteiger partial charge is 0.149 e. The highest BCUT2D eigenvalue weighted by Crippen LogP contribution is 2.44. The molecule has 0 bridgehead atoms. The quantitative estimate of drug-likeness (QED) is 0.166.